The quantitative estimate of drug-likeness (QED) is 0.487. The second kappa shape index (κ2) is 11.7. The van der Waals surface area contributed by atoms with Gasteiger partial charge in [0.2, 0.25) is 0 Å². The van der Waals surface area contributed by atoms with E-state index in [1.165, 1.54) is 31.7 Å². The fraction of sp³-hybridized carbons (Fsp3) is 0.500. The van der Waals surface area contributed by atoms with Gasteiger partial charge < -0.3 is 0 Å². The van der Waals surface area contributed by atoms with Crippen molar-refractivity contribution in [2.24, 2.45) is 0 Å². The standard InChI is InChI=1S/C8H10O3S.C6H14.C2H4/c1-6-3-4-7(2)8(5-6)12(9,10)11;1-3-5-6-4-2;1-2/h3-5H,1-2H3,(H,9,10,11);3-6H2,1-2H3;1-2H2. The van der Waals surface area contributed by atoms with Crippen LogP contribution in [0.15, 0.2) is 36.3 Å². The molecular formula is C16H28O3S. The molecule has 0 aliphatic heterocycles. The normalized spacial score (nSPS) is 9.85. The van der Waals surface area contributed by atoms with E-state index >= 15 is 0 Å². The zero-order chi connectivity index (χ0) is 16.2. The molecule has 1 aromatic rings. The average molecular weight is 300 g/mol. The molecule has 0 unspecified atom stereocenters. The molecule has 1 rings (SSSR count). The summed E-state index contributed by atoms with van der Waals surface area (Å²) in [7, 11) is -4.06. The molecule has 0 bridgehead atoms. The zero-order valence-electron chi connectivity index (χ0n) is 13.1. The summed E-state index contributed by atoms with van der Waals surface area (Å²) in [6, 6.07) is 4.91. The predicted octanol–water partition coefficient (Wildman–Crippen LogP) is 4.94. The lowest BCUT2D eigenvalue weighted by Gasteiger charge is -2.02. The van der Waals surface area contributed by atoms with Gasteiger partial charge in [-0.3, -0.25) is 4.55 Å². The molecule has 1 aromatic carbocycles. The third-order valence-electron chi connectivity index (χ3n) is 2.58. The molecule has 3 nitrogen and oxygen atoms in total. The number of benzene rings is 1. The van der Waals surface area contributed by atoms with Crippen LogP contribution >= 0.6 is 0 Å². The van der Waals surface area contributed by atoms with Crippen LogP contribution in [0.1, 0.15) is 50.7 Å². The highest BCUT2D eigenvalue weighted by atomic mass is 32.2. The Balaban J connectivity index is 0. The van der Waals surface area contributed by atoms with Gasteiger partial charge in [0.25, 0.3) is 10.1 Å². The summed E-state index contributed by atoms with van der Waals surface area (Å²) in [5.41, 5.74) is 1.37. The van der Waals surface area contributed by atoms with Gasteiger partial charge in [0.1, 0.15) is 0 Å². The van der Waals surface area contributed by atoms with Crippen LogP contribution in [0.3, 0.4) is 0 Å². The second-order valence-electron chi connectivity index (χ2n) is 4.45. The van der Waals surface area contributed by atoms with Crippen LogP contribution in [0.2, 0.25) is 0 Å². The van der Waals surface area contributed by atoms with E-state index in [2.05, 4.69) is 27.0 Å². The van der Waals surface area contributed by atoms with Gasteiger partial charge in [-0.15, -0.1) is 13.2 Å². The molecule has 116 valence electrons. The van der Waals surface area contributed by atoms with E-state index in [1.54, 1.807) is 26.0 Å². The Kier molecular flexibility index (Phi) is 12.4. The Morgan fingerprint density at radius 2 is 1.50 bits per heavy atom. The molecule has 4 heteroatoms. The highest BCUT2D eigenvalue weighted by Gasteiger charge is 2.11. The maximum atomic E-state index is 10.8. The van der Waals surface area contributed by atoms with Gasteiger partial charge in [-0.25, -0.2) is 0 Å². The molecule has 20 heavy (non-hydrogen) atoms. The minimum Gasteiger partial charge on any atom is -0.282 e. The number of hydrogen-bond donors (Lipinski definition) is 1. The Hall–Kier alpha value is -1.13. The summed E-state index contributed by atoms with van der Waals surface area (Å²) < 4.78 is 30.3. The van der Waals surface area contributed by atoms with Crippen LogP contribution in [0.5, 0.6) is 0 Å². The smallest absolute Gasteiger partial charge is 0.282 e. The first kappa shape index (κ1) is 21.2. The fourth-order valence-electron chi connectivity index (χ4n) is 1.49. The van der Waals surface area contributed by atoms with Crippen molar-refractivity contribution < 1.29 is 13.0 Å². The molecule has 0 saturated heterocycles. The van der Waals surface area contributed by atoms with Gasteiger partial charge in [-0.2, -0.15) is 8.42 Å². The second-order valence-corrected chi connectivity index (χ2v) is 5.84. The molecular weight excluding hydrogens is 272 g/mol. The lowest BCUT2D eigenvalue weighted by Crippen LogP contribution is -2.00. The van der Waals surface area contributed by atoms with E-state index in [9.17, 15) is 8.42 Å². The molecule has 0 atom stereocenters. The van der Waals surface area contributed by atoms with Crippen molar-refractivity contribution in [2.45, 2.75) is 58.3 Å². The van der Waals surface area contributed by atoms with Crippen LogP contribution in [-0.2, 0) is 10.1 Å². The minimum absolute atomic E-state index is 0.0116. The summed E-state index contributed by atoms with van der Waals surface area (Å²) in [4.78, 5) is -0.0116. The van der Waals surface area contributed by atoms with Crippen molar-refractivity contribution in [3.05, 3.63) is 42.5 Å². The number of hydrogen-bond acceptors (Lipinski definition) is 2. The Morgan fingerprint density at radius 3 is 1.80 bits per heavy atom. The monoisotopic (exact) mass is 300 g/mol. The van der Waals surface area contributed by atoms with E-state index in [0.29, 0.717) is 5.56 Å². The largest absolute Gasteiger partial charge is 0.294 e. The summed E-state index contributed by atoms with van der Waals surface area (Å²) in [5, 5.41) is 0. The van der Waals surface area contributed by atoms with E-state index < -0.39 is 10.1 Å². The summed E-state index contributed by atoms with van der Waals surface area (Å²) >= 11 is 0. The Labute approximate surface area is 124 Å². The Morgan fingerprint density at radius 1 is 1.05 bits per heavy atom. The van der Waals surface area contributed by atoms with Crippen molar-refractivity contribution in [1.82, 2.24) is 0 Å². The van der Waals surface area contributed by atoms with Crippen LogP contribution in [0.25, 0.3) is 0 Å². The van der Waals surface area contributed by atoms with Crippen LogP contribution in [0.4, 0.5) is 0 Å². The molecule has 0 aromatic heterocycles. The molecule has 0 radical (unpaired) electrons. The third-order valence-corrected chi connectivity index (χ3v) is 3.57. The van der Waals surface area contributed by atoms with Gasteiger partial charge in [-0.05, 0) is 31.0 Å². The first-order valence-electron chi connectivity index (χ1n) is 6.87. The van der Waals surface area contributed by atoms with Crippen molar-refractivity contribution in [1.29, 1.82) is 0 Å². The average Bonchev–Trinajstić information content (AvgIpc) is 2.41. The van der Waals surface area contributed by atoms with Gasteiger partial charge in [-0.1, -0.05) is 51.7 Å². The van der Waals surface area contributed by atoms with E-state index in [1.807, 2.05) is 0 Å². The lowest BCUT2D eigenvalue weighted by atomic mass is 10.2. The van der Waals surface area contributed by atoms with Gasteiger partial charge in [0, 0.05) is 0 Å². The third kappa shape index (κ3) is 9.75. The minimum atomic E-state index is -4.06. The molecule has 0 heterocycles. The SMILES string of the molecule is C=C.CCCCCC.Cc1ccc(C)c(S(=O)(=O)O)c1. The molecule has 0 aliphatic rings. The fourth-order valence-corrected chi connectivity index (χ4v) is 2.29. The summed E-state index contributed by atoms with van der Waals surface area (Å²) in [6.07, 6.45) is 5.54. The predicted molar refractivity (Wildman–Crippen MR) is 86.8 cm³/mol. The van der Waals surface area contributed by atoms with Crippen molar-refractivity contribution >= 4 is 10.1 Å². The van der Waals surface area contributed by atoms with Gasteiger partial charge in [0.05, 0.1) is 4.90 Å². The maximum absolute atomic E-state index is 10.8. The molecule has 1 N–H and O–H groups in total. The van der Waals surface area contributed by atoms with Crippen LogP contribution in [0, 0.1) is 13.8 Å². The number of unbranched alkanes of at least 4 members (excludes halogenated alkanes) is 3. The Bertz CT molecular complexity index is 461. The summed E-state index contributed by atoms with van der Waals surface area (Å²) in [5.74, 6) is 0. The molecule has 0 fully saturated rings. The maximum Gasteiger partial charge on any atom is 0.294 e. The van der Waals surface area contributed by atoms with Gasteiger partial charge >= 0.3 is 0 Å². The number of aryl methyl sites for hydroxylation is 2. The van der Waals surface area contributed by atoms with E-state index in [-0.39, 0.29) is 4.90 Å². The van der Waals surface area contributed by atoms with Crippen LogP contribution < -0.4 is 0 Å². The van der Waals surface area contributed by atoms with Crippen molar-refractivity contribution in [3.8, 4) is 0 Å². The van der Waals surface area contributed by atoms with E-state index in [4.69, 9.17) is 4.55 Å². The van der Waals surface area contributed by atoms with Crippen molar-refractivity contribution in [3.63, 3.8) is 0 Å². The lowest BCUT2D eigenvalue weighted by molar-refractivity contribution is 0.482. The van der Waals surface area contributed by atoms with Crippen LogP contribution in [-0.4, -0.2) is 13.0 Å². The molecule has 0 saturated carbocycles. The molecule has 0 spiro atoms. The topological polar surface area (TPSA) is 54.4 Å². The first-order chi connectivity index (χ1) is 9.32. The highest BCUT2D eigenvalue weighted by Crippen LogP contribution is 2.15. The molecule has 0 aliphatic carbocycles. The summed E-state index contributed by atoms with van der Waals surface area (Å²) in [6.45, 7) is 13.9. The number of rotatable bonds is 4. The highest BCUT2D eigenvalue weighted by molar-refractivity contribution is 7.85. The van der Waals surface area contributed by atoms with E-state index in [0.717, 1.165) is 5.56 Å². The van der Waals surface area contributed by atoms with Crippen molar-refractivity contribution in [2.75, 3.05) is 0 Å². The zero-order valence-corrected chi connectivity index (χ0v) is 14.0. The first-order valence-corrected chi connectivity index (χ1v) is 8.31. The molecule has 0 amide bonds. The van der Waals surface area contributed by atoms with Gasteiger partial charge in [0.15, 0.2) is 0 Å².